The molecule has 1 aliphatic heterocycles. The van der Waals surface area contributed by atoms with E-state index in [2.05, 4.69) is 36.1 Å². The molecule has 2 heterocycles. The summed E-state index contributed by atoms with van der Waals surface area (Å²) in [6.45, 7) is 6.38. The van der Waals surface area contributed by atoms with Gasteiger partial charge in [-0.3, -0.25) is 9.69 Å². The monoisotopic (exact) mass is 374 g/mol. The number of nitrogens with zero attached hydrogens (tertiary/aromatic N) is 2. The van der Waals surface area contributed by atoms with Crippen molar-refractivity contribution in [3.05, 3.63) is 59.5 Å². The second-order valence-electron chi connectivity index (χ2n) is 6.15. The quantitative estimate of drug-likeness (QED) is 0.787. The molecular formula is C19H22N2O6. The van der Waals surface area contributed by atoms with E-state index < -0.39 is 11.9 Å². The number of benzene rings is 1. The van der Waals surface area contributed by atoms with Gasteiger partial charge in [-0.1, -0.05) is 29.8 Å². The minimum absolute atomic E-state index is 0.00444. The van der Waals surface area contributed by atoms with Gasteiger partial charge in [0.05, 0.1) is 6.26 Å². The Bertz CT molecular complexity index is 767. The molecule has 0 radical (unpaired) electrons. The largest absolute Gasteiger partial charge is 0.473 e. The molecule has 0 atom stereocenters. The Morgan fingerprint density at radius 2 is 1.67 bits per heavy atom. The first-order valence-corrected chi connectivity index (χ1v) is 8.43. The molecule has 144 valence electrons. The van der Waals surface area contributed by atoms with Crippen molar-refractivity contribution in [1.29, 1.82) is 0 Å². The highest BCUT2D eigenvalue weighted by Crippen LogP contribution is 2.12. The maximum atomic E-state index is 12.2. The number of furan rings is 1. The van der Waals surface area contributed by atoms with Crippen molar-refractivity contribution in [2.24, 2.45) is 0 Å². The Morgan fingerprint density at radius 1 is 1.00 bits per heavy atom. The van der Waals surface area contributed by atoms with Crippen LogP contribution in [-0.4, -0.2) is 64.0 Å². The molecule has 8 nitrogen and oxygen atoms in total. The highest BCUT2D eigenvalue weighted by molar-refractivity contribution is 6.27. The summed E-state index contributed by atoms with van der Waals surface area (Å²) in [5.41, 5.74) is 2.62. The first kappa shape index (κ1) is 20.2. The molecule has 0 spiro atoms. The Labute approximate surface area is 156 Å². The molecule has 1 amide bonds. The lowest BCUT2D eigenvalue weighted by atomic mass is 10.1. The van der Waals surface area contributed by atoms with Crippen LogP contribution in [0.15, 0.2) is 47.1 Å². The molecule has 0 aliphatic carbocycles. The van der Waals surface area contributed by atoms with E-state index in [0.717, 1.165) is 32.7 Å². The molecule has 1 aromatic heterocycles. The van der Waals surface area contributed by atoms with Gasteiger partial charge in [-0.15, -0.1) is 0 Å². The van der Waals surface area contributed by atoms with Crippen LogP contribution in [-0.2, 0) is 16.1 Å². The van der Waals surface area contributed by atoms with Crippen LogP contribution in [0.5, 0.6) is 0 Å². The maximum absolute atomic E-state index is 12.2. The third-order valence-corrected chi connectivity index (χ3v) is 4.06. The number of aliphatic carboxylic acids is 2. The SMILES string of the molecule is Cc1cccc(CN2CCN(C(=O)c3ccco3)CC2)c1.O=C(O)C(=O)O. The molecule has 1 aromatic carbocycles. The number of hydrogen-bond donors (Lipinski definition) is 2. The van der Waals surface area contributed by atoms with Gasteiger partial charge in [-0.05, 0) is 24.6 Å². The van der Waals surface area contributed by atoms with E-state index in [1.807, 2.05) is 4.90 Å². The summed E-state index contributed by atoms with van der Waals surface area (Å²) in [6.07, 6.45) is 1.54. The molecule has 0 saturated carbocycles. The standard InChI is InChI=1S/C17H20N2O2.C2H2O4/c1-14-4-2-5-15(12-14)13-18-7-9-19(10-8-18)17(20)16-6-3-11-21-16;3-1(4)2(5)6/h2-6,11-12H,7-10,13H2,1H3;(H,3,4)(H,5,6). The topological polar surface area (TPSA) is 111 Å². The molecule has 1 aliphatic rings. The van der Waals surface area contributed by atoms with Crippen LogP contribution in [0.2, 0.25) is 0 Å². The van der Waals surface area contributed by atoms with E-state index in [-0.39, 0.29) is 5.91 Å². The molecule has 2 aromatic rings. The summed E-state index contributed by atoms with van der Waals surface area (Å²) < 4.78 is 5.18. The van der Waals surface area contributed by atoms with Crippen molar-refractivity contribution in [1.82, 2.24) is 9.80 Å². The normalized spacial score (nSPS) is 14.2. The molecular weight excluding hydrogens is 352 g/mol. The van der Waals surface area contributed by atoms with Crippen molar-refractivity contribution in [2.75, 3.05) is 26.2 Å². The van der Waals surface area contributed by atoms with Crippen LogP contribution in [0, 0.1) is 6.92 Å². The van der Waals surface area contributed by atoms with E-state index in [1.54, 1.807) is 18.4 Å². The summed E-state index contributed by atoms with van der Waals surface area (Å²) in [4.78, 5) is 34.6. The van der Waals surface area contributed by atoms with Gasteiger partial charge >= 0.3 is 11.9 Å². The minimum Gasteiger partial charge on any atom is -0.473 e. The number of rotatable bonds is 3. The van der Waals surface area contributed by atoms with Crippen LogP contribution in [0.25, 0.3) is 0 Å². The lowest BCUT2D eigenvalue weighted by Crippen LogP contribution is -2.48. The van der Waals surface area contributed by atoms with Crippen molar-refractivity contribution in [3.63, 3.8) is 0 Å². The van der Waals surface area contributed by atoms with Gasteiger partial charge in [0.2, 0.25) is 0 Å². The summed E-state index contributed by atoms with van der Waals surface area (Å²) in [7, 11) is 0. The Morgan fingerprint density at radius 3 is 2.19 bits per heavy atom. The highest BCUT2D eigenvalue weighted by Gasteiger charge is 2.23. The zero-order valence-corrected chi connectivity index (χ0v) is 15.0. The van der Waals surface area contributed by atoms with Crippen molar-refractivity contribution >= 4 is 17.8 Å². The second-order valence-corrected chi connectivity index (χ2v) is 6.15. The first-order valence-electron chi connectivity index (χ1n) is 8.43. The van der Waals surface area contributed by atoms with Crippen LogP contribution in [0.4, 0.5) is 0 Å². The van der Waals surface area contributed by atoms with Gasteiger partial charge in [0, 0.05) is 32.7 Å². The van der Waals surface area contributed by atoms with Crippen LogP contribution in [0.1, 0.15) is 21.7 Å². The lowest BCUT2D eigenvalue weighted by molar-refractivity contribution is -0.159. The Kier molecular flexibility index (Phi) is 7.13. The summed E-state index contributed by atoms with van der Waals surface area (Å²) in [5.74, 6) is -3.22. The number of piperazine rings is 1. The number of aryl methyl sites for hydroxylation is 1. The highest BCUT2D eigenvalue weighted by atomic mass is 16.4. The van der Waals surface area contributed by atoms with Crippen molar-refractivity contribution in [3.8, 4) is 0 Å². The zero-order chi connectivity index (χ0) is 19.8. The van der Waals surface area contributed by atoms with Gasteiger partial charge in [0.15, 0.2) is 5.76 Å². The van der Waals surface area contributed by atoms with Gasteiger partial charge in [-0.2, -0.15) is 0 Å². The van der Waals surface area contributed by atoms with Crippen LogP contribution < -0.4 is 0 Å². The number of carboxylic acid groups (broad SMARTS) is 2. The summed E-state index contributed by atoms with van der Waals surface area (Å²) in [6, 6.07) is 12.1. The molecule has 3 rings (SSSR count). The molecule has 1 saturated heterocycles. The van der Waals surface area contributed by atoms with Gasteiger partial charge in [0.25, 0.3) is 5.91 Å². The molecule has 8 heteroatoms. The van der Waals surface area contributed by atoms with E-state index in [9.17, 15) is 4.79 Å². The predicted octanol–water partition coefficient (Wildman–Crippen LogP) is 1.70. The number of carbonyl (C=O) groups excluding carboxylic acids is 1. The van der Waals surface area contributed by atoms with Gasteiger partial charge < -0.3 is 19.5 Å². The first-order chi connectivity index (χ1) is 12.9. The number of carboxylic acids is 2. The van der Waals surface area contributed by atoms with Gasteiger partial charge in [0.1, 0.15) is 0 Å². The molecule has 27 heavy (non-hydrogen) atoms. The second kappa shape index (κ2) is 9.54. The summed E-state index contributed by atoms with van der Waals surface area (Å²) >= 11 is 0. The minimum atomic E-state index is -1.82. The molecule has 1 fully saturated rings. The van der Waals surface area contributed by atoms with Crippen LogP contribution >= 0.6 is 0 Å². The third-order valence-electron chi connectivity index (χ3n) is 4.06. The average molecular weight is 374 g/mol. The lowest BCUT2D eigenvalue weighted by Gasteiger charge is -2.34. The number of amides is 1. The Balaban J connectivity index is 0.000000380. The van der Waals surface area contributed by atoms with Gasteiger partial charge in [-0.25, -0.2) is 9.59 Å². The smallest absolute Gasteiger partial charge is 0.414 e. The van der Waals surface area contributed by atoms with Crippen LogP contribution in [0.3, 0.4) is 0 Å². The number of hydrogen-bond acceptors (Lipinski definition) is 5. The number of carbonyl (C=O) groups is 3. The van der Waals surface area contributed by atoms with Crippen molar-refractivity contribution < 1.29 is 29.0 Å². The van der Waals surface area contributed by atoms with Crippen molar-refractivity contribution in [2.45, 2.75) is 13.5 Å². The van der Waals surface area contributed by atoms with E-state index >= 15 is 0 Å². The average Bonchev–Trinajstić information content (AvgIpc) is 3.17. The van der Waals surface area contributed by atoms with E-state index in [4.69, 9.17) is 24.2 Å². The zero-order valence-electron chi connectivity index (χ0n) is 15.0. The summed E-state index contributed by atoms with van der Waals surface area (Å²) in [5, 5.41) is 14.8. The fourth-order valence-corrected chi connectivity index (χ4v) is 2.73. The predicted molar refractivity (Wildman–Crippen MR) is 96.3 cm³/mol. The molecule has 2 N–H and O–H groups in total. The fraction of sp³-hybridized carbons (Fsp3) is 0.316. The van der Waals surface area contributed by atoms with E-state index in [0.29, 0.717) is 5.76 Å². The Hall–Kier alpha value is -3.13. The molecule has 0 unspecified atom stereocenters. The van der Waals surface area contributed by atoms with E-state index in [1.165, 1.54) is 11.1 Å². The third kappa shape index (κ3) is 6.27. The maximum Gasteiger partial charge on any atom is 0.414 e. The molecule has 0 bridgehead atoms. The fourth-order valence-electron chi connectivity index (χ4n) is 2.73.